The van der Waals surface area contributed by atoms with Crippen molar-refractivity contribution >= 4 is 27.0 Å². The highest BCUT2D eigenvalue weighted by atomic mass is 32.2. The molecule has 0 unspecified atom stereocenters. The van der Waals surface area contributed by atoms with Crippen LogP contribution < -0.4 is 10.6 Å². The number of carbonyl (C=O) groups is 1. The van der Waals surface area contributed by atoms with Crippen LogP contribution in [0.1, 0.15) is 18.4 Å². The Balaban J connectivity index is 1.36. The van der Waals surface area contributed by atoms with E-state index < -0.39 is 10.0 Å². The molecule has 0 bridgehead atoms. The molecule has 0 spiro atoms. The first-order chi connectivity index (χ1) is 12.4. The maximum absolute atomic E-state index is 12.0. The fourth-order valence-corrected chi connectivity index (χ4v) is 4.27. The van der Waals surface area contributed by atoms with Gasteiger partial charge in [-0.15, -0.1) is 0 Å². The molecule has 2 heterocycles. The van der Waals surface area contributed by atoms with Crippen molar-refractivity contribution in [2.24, 2.45) is 5.92 Å². The molecule has 26 heavy (non-hydrogen) atoms. The quantitative estimate of drug-likeness (QED) is 0.714. The highest BCUT2D eigenvalue weighted by Crippen LogP contribution is 2.19. The van der Waals surface area contributed by atoms with E-state index in [2.05, 4.69) is 21.7 Å². The molecule has 1 saturated heterocycles. The first-order valence-corrected chi connectivity index (χ1v) is 10.8. The Morgan fingerprint density at radius 3 is 2.69 bits per heavy atom. The van der Waals surface area contributed by atoms with Gasteiger partial charge in [-0.25, -0.2) is 17.5 Å². The van der Waals surface area contributed by atoms with Crippen LogP contribution >= 0.6 is 0 Å². The number of urea groups is 1. The van der Waals surface area contributed by atoms with Crippen LogP contribution in [-0.2, 0) is 16.4 Å². The first-order valence-electron chi connectivity index (χ1n) is 8.95. The predicted octanol–water partition coefficient (Wildman–Crippen LogP) is 1.68. The smallest absolute Gasteiger partial charge is 0.314 e. The zero-order valence-electron chi connectivity index (χ0n) is 15.0. The van der Waals surface area contributed by atoms with Crippen molar-refractivity contribution in [3.05, 3.63) is 36.0 Å². The van der Waals surface area contributed by atoms with Gasteiger partial charge in [0.25, 0.3) is 0 Å². The summed E-state index contributed by atoms with van der Waals surface area (Å²) in [5.74, 6) is 0.326. The summed E-state index contributed by atoms with van der Waals surface area (Å²) in [4.78, 5) is 15.2. The van der Waals surface area contributed by atoms with E-state index in [4.69, 9.17) is 0 Å². The van der Waals surface area contributed by atoms with Gasteiger partial charge in [0.15, 0.2) is 0 Å². The van der Waals surface area contributed by atoms with Gasteiger partial charge in [-0.2, -0.15) is 0 Å². The maximum Gasteiger partial charge on any atom is 0.314 e. The number of hydrogen-bond donors (Lipinski definition) is 3. The van der Waals surface area contributed by atoms with Crippen molar-refractivity contribution in [1.29, 1.82) is 0 Å². The number of carbonyl (C=O) groups excluding carboxylic acids is 1. The zero-order chi connectivity index (χ0) is 18.6. The van der Waals surface area contributed by atoms with Crippen LogP contribution in [0.3, 0.4) is 0 Å². The Morgan fingerprint density at radius 1 is 1.23 bits per heavy atom. The summed E-state index contributed by atoms with van der Waals surface area (Å²) in [5.41, 5.74) is 2.29. The topological polar surface area (TPSA) is 94.3 Å². The number of rotatable bonds is 6. The van der Waals surface area contributed by atoms with Crippen LogP contribution in [0.2, 0.25) is 0 Å². The Bertz CT molecular complexity index is 854. The molecule has 0 radical (unpaired) electrons. The van der Waals surface area contributed by atoms with Gasteiger partial charge in [-0.3, -0.25) is 0 Å². The Kier molecular flexibility index (Phi) is 5.83. The van der Waals surface area contributed by atoms with Gasteiger partial charge in [0.05, 0.1) is 6.26 Å². The van der Waals surface area contributed by atoms with Crippen LogP contribution in [0.4, 0.5) is 4.79 Å². The van der Waals surface area contributed by atoms with E-state index in [9.17, 15) is 13.2 Å². The molecule has 8 heteroatoms. The summed E-state index contributed by atoms with van der Waals surface area (Å²) in [5, 5.41) is 6.97. The number of sulfonamides is 1. The van der Waals surface area contributed by atoms with Crippen LogP contribution in [0.25, 0.3) is 10.9 Å². The highest BCUT2D eigenvalue weighted by Gasteiger charge is 2.24. The third-order valence-electron chi connectivity index (χ3n) is 4.95. The molecule has 0 atom stereocenters. The van der Waals surface area contributed by atoms with Crippen LogP contribution in [-0.4, -0.2) is 56.2 Å². The standard InChI is InChI=1S/C18H26N4O3S/c1-26(24,25)22-10-7-14(8-11-22)12-21-18(23)19-9-6-15-13-20-17-5-3-2-4-16(15)17/h2-5,13-14,20H,6-12H2,1H3,(H2,19,21,23). The van der Waals surface area contributed by atoms with Gasteiger partial charge in [-0.1, -0.05) is 18.2 Å². The number of hydrogen-bond acceptors (Lipinski definition) is 3. The second kappa shape index (κ2) is 8.09. The molecule has 7 nitrogen and oxygen atoms in total. The molecule has 2 amide bonds. The van der Waals surface area contributed by atoms with Gasteiger partial charge in [0, 0.05) is 43.3 Å². The van der Waals surface area contributed by atoms with E-state index in [1.807, 2.05) is 24.4 Å². The summed E-state index contributed by atoms with van der Waals surface area (Å²) in [6.45, 7) is 2.22. The third-order valence-corrected chi connectivity index (χ3v) is 6.25. The summed E-state index contributed by atoms with van der Waals surface area (Å²) >= 11 is 0. The van der Waals surface area contributed by atoms with E-state index in [0.717, 1.165) is 24.8 Å². The van der Waals surface area contributed by atoms with E-state index in [-0.39, 0.29) is 6.03 Å². The molecule has 3 rings (SSSR count). The SMILES string of the molecule is CS(=O)(=O)N1CCC(CNC(=O)NCCc2c[nH]c3ccccc23)CC1. The maximum atomic E-state index is 12.0. The van der Waals surface area contributed by atoms with Crippen molar-refractivity contribution in [2.45, 2.75) is 19.3 Å². The number of aromatic amines is 1. The molecule has 1 aromatic carbocycles. The molecule has 1 aliphatic rings. The van der Waals surface area contributed by atoms with Crippen molar-refractivity contribution in [1.82, 2.24) is 19.9 Å². The Hall–Kier alpha value is -2.06. The fourth-order valence-electron chi connectivity index (χ4n) is 3.39. The van der Waals surface area contributed by atoms with E-state index in [1.54, 1.807) is 0 Å². The number of H-pyrrole nitrogens is 1. The normalized spacial score (nSPS) is 16.7. The lowest BCUT2D eigenvalue weighted by Crippen LogP contribution is -2.43. The van der Waals surface area contributed by atoms with Crippen molar-refractivity contribution in [2.75, 3.05) is 32.4 Å². The van der Waals surface area contributed by atoms with E-state index in [0.29, 0.717) is 32.1 Å². The lowest BCUT2D eigenvalue weighted by atomic mass is 9.98. The molecule has 1 fully saturated rings. The van der Waals surface area contributed by atoms with Crippen LogP contribution in [0, 0.1) is 5.92 Å². The predicted molar refractivity (Wildman–Crippen MR) is 103 cm³/mol. The van der Waals surface area contributed by atoms with Crippen LogP contribution in [0.15, 0.2) is 30.5 Å². The highest BCUT2D eigenvalue weighted by molar-refractivity contribution is 7.88. The third kappa shape index (κ3) is 4.76. The van der Waals surface area contributed by atoms with Gasteiger partial charge < -0.3 is 15.6 Å². The first kappa shape index (κ1) is 18.7. The number of nitrogens with one attached hydrogen (secondary N) is 3. The minimum absolute atomic E-state index is 0.171. The minimum Gasteiger partial charge on any atom is -0.361 e. The number of para-hydroxylation sites is 1. The number of piperidine rings is 1. The average molecular weight is 378 g/mol. The molecule has 0 aliphatic carbocycles. The van der Waals surface area contributed by atoms with Gasteiger partial charge in [-0.05, 0) is 36.8 Å². The molecular weight excluding hydrogens is 352 g/mol. The molecular formula is C18H26N4O3S. The van der Waals surface area contributed by atoms with E-state index >= 15 is 0 Å². The van der Waals surface area contributed by atoms with Gasteiger partial charge in [0.2, 0.25) is 10.0 Å². The fraction of sp³-hybridized carbons (Fsp3) is 0.500. The Labute approximate surface area is 154 Å². The van der Waals surface area contributed by atoms with Gasteiger partial charge >= 0.3 is 6.03 Å². The average Bonchev–Trinajstić information content (AvgIpc) is 3.03. The van der Waals surface area contributed by atoms with Crippen molar-refractivity contribution in [3.8, 4) is 0 Å². The van der Waals surface area contributed by atoms with Gasteiger partial charge in [0.1, 0.15) is 0 Å². The second-order valence-electron chi connectivity index (χ2n) is 6.85. The number of amides is 2. The molecule has 0 saturated carbocycles. The number of aromatic nitrogens is 1. The summed E-state index contributed by atoms with van der Waals surface area (Å²) in [6, 6.07) is 7.94. The molecule has 3 N–H and O–H groups in total. The minimum atomic E-state index is -3.10. The Morgan fingerprint density at radius 2 is 1.96 bits per heavy atom. The molecule has 1 aromatic heterocycles. The lowest BCUT2D eigenvalue weighted by molar-refractivity contribution is 0.231. The second-order valence-corrected chi connectivity index (χ2v) is 8.83. The summed E-state index contributed by atoms with van der Waals surface area (Å²) < 4.78 is 24.5. The molecule has 142 valence electrons. The van der Waals surface area contributed by atoms with Crippen LogP contribution in [0.5, 0.6) is 0 Å². The number of benzene rings is 1. The molecule has 1 aliphatic heterocycles. The van der Waals surface area contributed by atoms with Crippen molar-refractivity contribution in [3.63, 3.8) is 0 Å². The summed E-state index contributed by atoms with van der Waals surface area (Å²) in [7, 11) is -3.10. The molecule has 2 aromatic rings. The number of fused-ring (bicyclic) bond motifs is 1. The monoisotopic (exact) mass is 378 g/mol. The largest absolute Gasteiger partial charge is 0.361 e. The lowest BCUT2D eigenvalue weighted by Gasteiger charge is -2.30. The van der Waals surface area contributed by atoms with Crippen molar-refractivity contribution < 1.29 is 13.2 Å². The number of nitrogens with zero attached hydrogens (tertiary/aromatic N) is 1. The summed E-state index contributed by atoms with van der Waals surface area (Å²) in [6.07, 6.45) is 5.56. The van der Waals surface area contributed by atoms with E-state index in [1.165, 1.54) is 21.5 Å². The zero-order valence-corrected chi connectivity index (χ0v) is 15.8.